The molecule has 1 fully saturated rings. The molecule has 0 bridgehead atoms. The molecule has 2 aromatic heterocycles. The van der Waals surface area contributed by atoms with Crippen molar-refractivity contribution in [2.75, 3.05) is 26.2 Å². The Labute approximate surface area is 168 Å². The van der Waals surface area contributed by atoms with Crippen LogP contribution in [0.25, 0.3) is 10.9 Å². The molecule has 3 heterocycles. The highest BCUT2D eigenvalue weighted by atomic mass is 32.1. The van der Waals surface area contributed by atoms with Crippen LogP contribution in [0.4, 0.5) is 0 Å². The minimum Gasteiger partial charge on any atom is -0.340 e. The summed E-state index contributed by atoms with van der Waals surface area (Å²) in [6, 6.07) is 12.2. The summed E-state index contributed by atoms with van der Waals surface area (Å²) in [5, 5.41) is 3.12. The molecule has 1 amide bonds. The van der Waals surface area contributed by atoms with Gasteiger partial charge in [0.15, 0.2) is 0 Å². The van der Waals surface area contributed by atoms with Crippen molar-refractivity contribution in [3.05, 3.63) is 68.1 Å². The molecule has 0 atom stereocenters. The number of fused-ring (bicyclic) bond motifs is 1. The topological polar surface area (TPSA) is 56.4 Å². The van der Waals surface area contributed by atoms with Gasteiger partial charge >= 0.3 is 0 Å². The van der Waals surface area contributed by atoms with Crippen molar-refractivity contribution in [1.29, 1.82) is 0 Å². The summed E-state index contributed by atoms with van der Waals surface area (Å²) >= 11 is 1.70. The van der Waals surface area contributed by atoms with Crippen LogP contribution >= 0.6 is 11.3 Å². The third-order valence-electron chi connectivity index (χ3n) is 5.45. The molecule has 1 aliphatic rings. The number of carbonyl (C=O) groups is 1. The number of carbonyl (C=O) groups excluding carboxylic acids is 1. The largest absolute Gasteiger partial charge is 0.340 e. The van der Waals surface area contributed by atoms with E-state index in [-0.39, 0.29) is 11.5 Å². The minimum absolute atomic E-state index is 0.0174. The Morgan fingerprint density at radius 1 is 1.14 bits per heavy atom. The van der Waals surface area contributed by atoms with Gasteiger partial charge in [0, 0.05) is 49.6 Å². The van der Waals surface area contributed by atoms with E-state index in [2.05, 4.69) is 16.0 Å². The van der Waals surface area contributed by atoms with Gasteiger partial charge in [0.25, 0.3) is 5.56 Å². The molecule has 4 rings (SSSR count). The highest BCUT2D eigenvalue weighted by Gasteiger charge is 2.21. The van der Waals surface area contributed by atoms with E-state index in [0.29, 0.717) is 13.0 Å². The molecule has 0 saturated carbocycles. The van der Waals surface area contributed by atoms with Crippen LogP contribution in [0, 0.1) is 6.92 Å². The number of H-pyrrole nitrogens is 1. The lowest BCUT2D eigenvalue weighted by molar-refractivity contribution is -0.132. The monoisotopic (exact) mass is 395 g/mol. The zero-order valence-electron chi connectivity index (χ0n) is 16.1. The lowest BCUT2D eigenvalue weighted by Gasteiger charge is -2.34. The zero-order chi connectivity index (χ0) is 19.5. The zero-order valence-corrected chi connectivity index (χ0v) is 16.9. The maximum absolute atomic E-state index is 12.5. The number of aromatic nitrogens is 1. The van der Waals surface area contributed by atoms with E-state index >= 15 is 0 Å². The molecule has 0 radical (unpaired) electrons. The molecule has 1 saturated heterocycles. The molecule has 1 aliphatic heterocycles. The van der Waals surface area contributed by atoms with Crippen LogP contribution in [-0.4, -0.2) is 46.9 Å². The number of aromatic amines is 1. The minimum atomic E-state index is -0.0174. The molecule has 3 aromatic rings. The summed E-state index contributed by atoms with van der Waals surface area (Å²) in [4.78, 5) is 33.4. The summed E-state index contributed by atoms with van der Waals surface area (Å²) in [7, 11) is 0. The molecule has 1 N–H and O–H groups in total. The van der Waals surface area contributed by atoms with Gasteiger partial charge in [-0.05, 0) is 41.8 Å². The second-order valence-electron chi connectivity index (χ2n) is 7.40. The van der Waals surface area contributed by atoms with Gasteiger partial charge in [-0.25, -0.2) is 0 Å². The normalized spacial score (nSPS) is 15.2. The summed E-state index contributed by atoms with van der Waals surface area (Å²) in [5.41, 5.74) is 2.76. The predicted octanol–water partition coefficient (Wildman–Crippen LogP) is 3.18. The first-order valence-electron chi connectivity index (χ1n) is 9.74. The summed E-state index contributed by atoms with van der Waals surface area (Å²) in [6.45, 7) is 5.69. The van der Waals surface area contributed by atoms with Crippen LogP contribution in [0.3, 0.4) is 0 Å². The van der Waals surface area contributed by atoms with E-state index in [4.69, 9.17) is 0 Å². The van der Waals surface area contributed by atoms with Crippen LogP contribution in [0.1, 0.15) is 22.4 Å². The van der Waals surface area contributed by atoms with E-state index < -0.39 is 0 Å². The van der Waals surface area contributed by atoms with Crippen molar-refractivity contribution < 1.29 is 4.79 Å². The fourth-order valence-corrected chi connectivity index (χ4v) is 4.49. The highest BCUT2D eigenvalue weighted by molar-refractivity contribution is 7.09. The van der Waals surface area contributed by atoms with E-state index in [1.54, 1.807) is 11.3 Å². The summed E-state index contributed by atoms with van der Waals surface area (Å²) in [5.74, 6) is 0.229. The lowest BCUT2D eigenvalue weighted by atomic mass is 10.1. The number of nitrogens with one attached hydrogen (secondary N) is 1. The van der Waals surface area contributed by atoms with Crippen LogP contribution in [0.2, 0.25) is 0 Å². The molecule has 0 spiro atoms. The molecule has 0 aliphatic carbocycles. The molecular formula is C22H25N3O2S. The smallest absolute Gasteiger partial charge is 0.252 e. The Hall–Kier alpha value is -2.44. The number of thiophene rings is 1. The van der Waals surface area contributed by atoms with E-state index in [1.165, 1.54) is 4.88 Å². The Bertz CT molecular complexity index is 1020. The maximum Gasteiger partial charge on any atom is 0.252 e. The van der Waals surface area contributed by atoms with Crippen LogP contribution < -0.4 is 5.56 Å². The van der Waals surface area contributed by atoms with Crippen LogP contribution in [0.5, 0.6) is 0 Å². The van der Waals surface area contributed by atoms with Gasteiger partial charge in [0.2, 0.25) is 5.91 Å². The predicted molar refractivity (Wildman–Crippen MR) is 114 cm³/mol. The van der Waals surface area contributed by atoms with Crippen LogP contribution in [-0.2, 0) is 17.8 Å². The molecular weight excluding hydrogens is 370 g/mol. The van der Waals surface area contributed by atoms with Gasteiger partial charge in [0.1, 0.15) is 0 Å². The van der Waals surface area contributed by atoms with Crippen molar-refractivity contribution in [2.24, 2.45) is 0 Å². The second-order valence-corrected chi connectivity index (χ2v) is 8.43. The van der Waals surface area contributed by atoms with E-state index in [0.717, 1.165) is 54.6 Å². The Balaban J connectivity index is 1.34. The number of benzene rings is 1. The van der Waals surface area contributed by atoms with Gasteiger partial charge in [0.05, 0.1) is 5.52 Å². The maximum atomic E-state index is 12.5. The fourth-order valence-electron chi connectivity index (χ4n) is 3.79. The second kappa shape index (κ2) is 8.29. The number of amides is 1. The number of piperazine rings is 1. The van der Waals surface area contributed by atoms with Gasteiger partial charge in [-0.1, -0.05) is 24.3 Å². The molecule has 1 aromatic carbocycles. The van der Waals surface area contributed by atoms with Crippen molar-refractivity contribution in [1.82, 2.24) is 14.8 Å². The van der Waals surface area contributed by atoms with Crippen molar-refractivity contribution in [3.63, 3.8) is 0 Å². The van der Waals surface area contributed by atoms with Crippen molar-refractivity contribution in [2.45, 2.75) is 26.3 Å². The molecule has 6 heteroatoms. The third-order valence-corrected chi connectivity index (χ3v) is 6.39. The van der Waals surface area contributed by atoms with Gasteiger partial charge in [-0.3, -0.25) is 14.5 Å². The fraction of sp³-hybridized carbons (Fsp3) is 0.364. The molecule has 5 nitrogen and oxygen atoms in total. The van der Waals surface area contributed by atoms with E-state index in [1.807, 2.05) is 47.5 Å². The van der Waals surface area contributed by atoms with Gasteiger partial charge in [-0.2, -0.15) is 0 Å². The number of hydrogen-bond acceptors (Lipinski definition) is 4. The molecule has 28 heavy (non-hydrogen) atoms. The van der Waals surface area contributed by atoms with Gasteiger partial charge in [-0.15, -0.1) is 11.3 Å². The first kappa shape index (κ1) is 18.9. The summed E-state index contributed by atoms with van der Waals surface area (Å²) < 4.78 is 0. The third kappa shape index (κ3) is 4.18. The number of pyridine rings is 1. The van der Waals surface area contributed by atoms with Crippen molar-refractivity contribution >= 4 is 28.1 Å². The molecule has 0 unspecified atom stereocenters. The molecule has 146 valence electrons. The average Bonchev–Trinajstić information content (AvgIpc) is 3.22. The SMILES string of the molecule is Cc1cccc2cc(CN3CCN(C(=O)CCc4cccs4)CC3)c(=O)[nH]c12. The number of hydrogen-bond donors (Lipinski definition) is 1. The van der Waals surface area contributed by atoms with Gasteiger partial charge < -0.3 is 9.88 Å². The number of para-hydroxylation sites is 1. The Kier molecular flexibility index (Phi) is 5.59. The number of nitrogens with zero attached hydrogens (tertiary/aromatic N) is 2. The first-order valence-corrected chi connectivity index (χ1v) is 10.6. The average molecular weight is 396 g/mol. The number of rotatable bonds is 5. The highest BCUT2D eigenvalue weighted by Crippen LogP contribution is 2.17. The lowest BCUT2D eigenvalue weighted by Crippen LogP contribution is -2.48. The van der Waals surface area contributed by atoms with Crippen molar-refractivity contribution in [3.8, 4) is 0 Å². The van der Waals surface area contributed by atoms with Crippen LogP contribution in [0.15, 0.2) is 46.6 Å². The number of aryl methyl sites for hydroxylation is 2. The summed E-state index contributed by atoms with van der Waals surface area (Å²) in [6.07, 6.45) is 1.40. The first-order chi connectivity index (χ1) is 13.6. The standard InChI is InChI=1S/C22H25N3O2S/c1-16-4-2-5-17-14-18(22(27)23-21(16)17)15-24-9-11-25(12-10-24)20(26)8-7-19-6-3-13-28-19/h2-6,13-14H,7-12,15H2,1H3,(H,23,27). The quantitative estimate of drug-likeness (QED) is 0.722. The van der Waals surface area contributed by atoms with E-state index in [9.17, 15) is 9.59 Å². The Morgan fingerprint density at radius 3 is 2.71 bits per heavy atom. The Morgan fingerprint density at radius 2 is 1.96 bits per heavy atom.